The third-order valence-corrected chi connectivity index (χ3v) is 1.39. The van der Waals surface area contributed by atoms with Gasteiger partial charge in [0.15, 0.2) is 10.8 Å². The predicted octanol–water partition coefficient (Wildman–Crippen LogP) is 1.95. The molecule has 1 aromatic heterocycles. The molecule has 0 atom stereocenters. The summed E-state index contributed by atoms with van der Waals surface area (Å²) in [7, 11) is 0. The van der Waals surface area contributed by atoms with Gasteiger partial charge in [0.25, 0.3) is 0 Å². The van der Waals surface area contributed by atoms with Crippen LogP contribution in [0.25, 0.3) is 0 Å². The van der Waals surface area contributed by atoms with E-state index in [2.05, 4.69) is 5.10 Å². The van der Waals surface area contributed by atoms with Crippen LogP contribution in [0, 0.1) is 11.3 Å². The number of aromatic nitrogens is 2. The van der Waals surface area contributed by atoms with Gasteiger partial charge < -0.3 is 0 Å². The van der Waals surface area contributed by atoms with Gasteiger partial charge in [0, 0.05) is 0 Å². The molecule has 3 nitrogen and oxygen atoms in total. The molecule has 0 fully saturated rings. The summed E-state index contributed by atoms with van der Waals surface area (Å²) in [5, 5.41) is 12.5. The van der Waals surface area contributed by atoms with E-state index in [1.165, 1.54) is 6.07 Å². The lowest BCUT2D eigenvalue weighted by Gasteiger charge is -2.01. The van der Waals surface area contributed by atoms with E-state index in [4.69, 9.17) is 16.9 Å². The molecular formula is C5HClF3N3. The Balaban J connectivity index is 3.28. The first-order valence-corrected chi connectivity index (χ1v) is 3.05. The zero-order chi connectivity index (χ0) is 9.35. The molecule has 1 heterocycles. The van der Waals surface area contributed by atoms with Gasteiger partial charge in [0.1, 0.15) is 11.6 Å². The van der Waals surface area contributed by atoms with Gasteiger partial charge in [0.05, 0.1) is 0 Å². The second-order valence-electron chi connectivity index (χ2n) is 1.87. The summed E-state index contributed by atoms with van der Waals surface area (Å²) in [4.78, 5) is 0. The summed E-state index contributed by atoms with van der Waals surface area (Å²) in [5.41, 5.74) is -1.89. The van der Waals surface area contributed by atoms with Crippen LogP contribution in [0.5, 0.6) is 0 Å². The van der Waals surface area contributed by atoms with Crippen LogP contribution in [0.3, 0.4) is 0 Å². The number of aromatic amines is 1. The molecular weight excluding hydrogens is 195 g/mol. The molecule has 64 valence electrons. The van der Waals surface area contributed by atoms with E-state index in [0.29, 0.717) is 0 Å². The highest BCUT2D eigenvalue weighted by Crippen LogP contribution is 2.32. The molecule has 1 aromatic rings. The minimum absolute atomic E-state index is 0.468. The Hall–Kier alpha value is -1.22. The molecule has 0 aromatic carbocycles. The van der Waals surface area contributed by atoms with E-state index in [-0.39, 0.29) is 0 Å². The van der Waals surface area contributed by atoms with Crippen LogP contribution in [0.4, 0.5) is 13.2 Å². The Bertz CT molecular complexity index is 335. The van der Waals surface area contributed by atoms with Gasteiger partial charge in [-0.15, -0.1) is 0 Å². The van der Waals surface area contributed by atoms with Crippen LogP contribution >= 0.6 is 11.6 Å². The van der Waals surface area contributed by atoms with Crippen molar-refractivity contribution in [3.05, 3.63) is 16.4 Å². The highest BCUT2D eigenvalue weighted by Gasteiger charge is 2.37. The molecule has 0 radical (unpaired) electrons. The number of halogens is 4. The standard InChI is InChI=1S/C5HClF3N3/c6-4-2(1-10)3(11-12-4)5(7,8)9/h(H,11,12). The molecule has 12 heavy (non-hydrogen) atoms. The molecule has 0 unspecified atom stereocenters. The fourth-order valence-corrected chi connectivity index (χ4v) is 0.806. The second kappa shape index (κ2) is 2.68. The first-order valence-electron chi connectivity index (χ1n) is 2.68. The predicted molar refractivity (Wildman–Crippen MR) is 33.3 cm³/mol. The summed E-state index contributed by atoms with van der Waals surface area (Å²) in [5.74, 6) is 0. The van der Waals surface area contributed by atoms with Crippen LogP contribution in [-0.2, 0) is 6.18 Å². The number of nitrogens with zero attached hydrogens (tertiary/aromatic N) is 2. The summed E-state index contributed by atoms with van der Waals surface area (Å²) in [6, 6.07) is 1.30. The fourth-order valence-electron chi connectivity index (χ4n) is 0.627. The zero-order valence-corrected chi connectivity index (χ0v) is 6.16. The average molecular weight is 196 g/mol. The third kappa shape index (κ3) is 1.36. The fraction of sp³-hybridized carbons (Fsp3) is 0.200. The van der Waals surface area contributed by atoms with Gasteiger partial charge in [-0.3, -0.25) is 5.10 Å². The van der Waals surface area contributed by atoms with Gasteiger partial charge in [-0.1, -0.05) is 11.6 Å². The van der Waals surface area contributed by atoms with E-state index < -0.39 is 22.6 Å². The Morgan fingerprint density at radius 3 is 2.42 bits per heavy atom. The van der Waals surface area contributed by atoms with E-state index in [1.54, 1.807) is 5.10 Å². The van der Waals surface area contributed by atoms with Gasteiger partial charge in [0.2, 0.25) is 0 Å². The molecule has 0 bridgehead atoms. The topological polar surface area (TPSA) is 52.5 Å². The Morgan fingerprint density at radius 1 is 1.50 bits per heavy atom. The van der Waals surface area contributed by atoms with Gasteiger partial charge in [-0.05, 0) is 0 Å². The van der Waals surface area contributed by atoms with Crippen LogP contribution in [-0.4, -0.2) is 10.2 Å². The van der Waals surface area contributed by atoms with Crippen LogP contribution in [0.1, 0.15) is 11.3 Å². The highest BCUT2D eigenvalue weighted by molar-refractivity contribution is 6.30. The molecule has 0 aliphatic rings. The summed E-state index contributed by atoms with van der Waals surface area (Å²) >= 11 is 5.19. The normalized spacial score (nSPS) is 11.2. The number of nitriles is 1. The highest BCUT2D eigenvalue weighted by atomic mass is 35.5. The molecule has 0 amide bonds. The smallest absolute Gasteiger partial charge is 0.271 e. The Morgan fingerprint density at radius 2 is 2.08 bits per heavy atom. The number of nitrogens with one attached hydrogen (secondary N) is 1. The van der Waals surface area contributed by atoms with Crippen LogP contribution in [0.2, 0.25) is 5.15 Å². The molecule has 0 spiro atoms. The van der Waals surface area contributed by atoms with Gasteiger partial charge in [-0.25, -0.2) is 0 Å². The van der Waals surface area contributed by atoms with Crippen molar-refractivity contribution in [3.63, 3.8) is 0 Å². The van der Waals surface area contributed by atoms with Gasteiger partial charge in [-0.2, -0.15) is 23.5 Å². The van der Waals surface area contributed by atoms with Gasteiger partial charge >= 0.3 is 6.18 Å². The van der Waals surface area contributed by atoms with E-state index in [1.807, 2.05) is 0 Å². The van der Waals surface area contributed by atoms with Crippen molar-refractivity contribution < 1.29 is 13.2 Å². The number of hydrogen-bond donors (Lipinski definition) is 1. The maximum atomic E-state index is 12.0. The molecule has 0 saturated carbocycles. The maximum absolute atomic E-state index is 12.0. The quantitative estimate of drug-likeness (QED) is 0.688. The maximum Gasteiger partial charge on any atom is 0.434 e. The zero-order valence-electron chi connectivity index (χ0n) is 5.41. The van der Waals surface area contributed by atoms with Crippen molar-refractivity contribution in [2.24, 2.45) is 0 Å². The van der Waals surface area contributed by atoms with Crippen LogP contribution in [0.15, 0.2) is 0 Å². The molecule has 7 heteroatoms. The van der Waals surface area contributed by atoms with Crippen molar-refractivity contribution >= 4 is 11.6 Å². The number of rotatable bonds is 0. The van der Waals surface area contributed by atoms with Crippen molar-refractivity contribution in [2.45, 2.75) is 6.18 Å². The lowest BCUT2D eigenvalue weighted by atomic mass is 10.3. The SMILES string of the molecule is N#Cc1c(Cl)n[nH]c1C(F)(F)F. The van der Waals surface area contributed by atoms with Crippen LogP contribution < -0.4 is 0 Å². The van der Waals surface area contributed by atoms with Crippen molar-refractivity contribution in [1.82, 2.24) is 10.2 Å². The first kappa shape index (κ1) is 8.87. The first-order chi connectivity index (χ1) is 5.46. The molecule has 1 N–H and O–H groups in total. The largest absolute Gasteiger partial charge is 0.434 e. The lowest BCUT2D eigenvalue weighted by molar-refractivity contribution is -0.141. The van der Waals surface area contributed by atoms with E-state index in [0.717, 1.165) is 0 Å². The number of hydrogen-bond acceptors (Lipinski definition) is 2. The lowest BCUT2D eigenvalue weighted by Crippen LogP contribution is -2.07. The second-order valence-corrected chi connectivity index (χ2v) is 2.23. The monoisotopic (exact) mass is 195 g/mol. The number of H-pyrrole nitrogens is 1. The third-order valence-electron chi connectivity index (χ3n) is 1.12. The Labute approximate surface area is 69.8 Å². The van der Waals surface area contributed by atoms with Crippen molar-refractivity contribution in [1.29, 1.82) is 5.26 Å². The van der Waals surface area contributed by atoms with Crippen molar-refractivity contribution in [2.75, 3.05) is 0 Å². The summed E-state index contributed by atoms with van der Waals surface area (Å²) in [6.45, 7) is 0. The molecule has 1 rings (SSSR count). The minimum Gasteiger partial charge on any atom is -0.271 e. The average Bonchev–Trinajstić information content (AvgIpc) is 2.29. The molecule has 0 aliphatic carbocycles. The summed E-state index contributed by atoms with van der Waals surface area (Å²) in [6.07, 6.45) is -4.62. The minimum atomic E-state index is -4.62. The van der Waals surface area contributed by atoms with E-state index in [9.17, 15) is 13.2 Å². The number of alkyl halides is 3. The Kier molecular flexibility index (Phi) is 1.98. The summed E-state index contributed by atoms with van der Waals surface area (Å²) < 4.78 is 35.9. The molecule has 0 saturated heterocycles. The van der Waals surface area contributed by atoms with Crippen molar-refractivity contribution in [3.8, 4) is 6.07 Å². The molecule has 0 aliphatic heterocycles. The van der Waals surface area contributed by atoms with E-state index >= 15 is 0 Å².